The SMILES string of the molecule is COc1ccc(N(c2ccc(OC)cc2)c2ccc(-n3c4ccccc4c4cc(Br)ccc43)cc2)cc1. The molecule has 0 atom stereocenters. The van der Waals surface area contributed by atoms with Crippen LogP contribution in [0.4, 0.5) is 17.1 Å². The predicted octanol–water partition coefficient (Wildman–Crippen LogP) is 9.03. The number of para-hydroxylation sites is 1. The molecule has 0 aliphatic heterocycles. The summed E-state index contributed by atoms with van der Waals surface area (Å²) in [6.07, 6.45) is 0. The number of hydrogen-bond donors (Lipinski definition) is 0. The van der Waals surface area contributed by atoms with Crippen LogP contribution in [-0.2, 0) is 0 Å². The minimum Gasteiger partial charge on any atom is -0.497 e. The molecule has 6 rings (SSSR count). The Hall–Kier alpha value is -4.22. The lowest BCUT2D eigenvalue weighted by Gasteiger charge is -2.26. The van der Waals surface area contributed by atoms with Gasteiger partial charge in [-0.15, -0.1) is 0 Å². The Morgan fingerprint density at radius 3 is 1.65 bits per heavy atom. The molecule has 0 bridgehead atoms. The molecule has 0 radical (unpaired) electrons. The summed E-state index contributed by atoms with van der Waals surface area (Å²) in [6.45, 7) is 0. The number of methoxy groups -OCH3 is 2. The standard InChI is InChI=1S/C32H25BrN2O2/c1-36-27-16-12-24(13-17-27)34(25-14-18-28(37-2)19-15-25)23-8-10-26(11-9-23)35-31-6-4-3-5-29(31)30-21-22(33)7-20-32(30)35/h3-21H,1-2H3. The third-order valence-electron chi connectivity index (χ3n) is 6.66. The number of rotatable bonds is 6. The van der Waals surface area contributed by atoms with Crippen LogP contribution in [0.2, 0.25) is 0 Å². The van der Waals surface area contributed by atoms with Gasteiger partial charge in [0.1, 0.15) is 11.5 Å². The van der Waals surface area contributed by atoms with Crippen molar-refractivity contribution in [3.8, 4) is 17.2 Å². The van der Waals surface area contributed by atoms with Gasteiger partial charge in [-0.25, -0.2) is 0 Å². The molecule has 0 spiro atoms. The molecule has 0 unspecified atom stereocenters. The van der Waals surface area contributed by atoms with E-state index in [1.54, 1.807) is 14.2 Å². The summed E-state index contributed by atoms with van der Waals surface area (Å²) in [4.78, 5) is 2.23. The summed E-state index contributed by atoms with van der Waals surface area (Å²) in [5.74, 6) is 1.65. The van der Waals surface area contributed by atoms with Crippen molar-refractivity contribution in [2.45, 2.75) is 0 Å². The van der Waals surface area contributed by atoms with Crippen LogP contribution >= 0.6 is 15.9 Å². The van der Waals surface area contributed by atoms with Gasteiger partial charge in [0, 0.05) is 38.0 Å². The third-order valence-corrected chi connectivity index (χ3v) is 7.16. The van der Waals surface area contributed by atoms with Gasteiger partial charge in [0.25, 0.3) is 0 Å². The molecule has 0 N–H and O–H groups in total. The molecule has 5 heteroatoms. The van der Waals surface area contributed by atoms with Crippen molar-refractivity contribution in [2.24, 2.45) is 0 Å². The van der Waals surface area contributed by atoms with Gasteiger partial charge in [-0.1, -0.05) is 34.1 Å². The lowest BCUT2D eigenvalue weighted by Crippen LogP contribution is -2.10. The maximum atomic E-state index is 5.38. The van der Waals surface area contributed by atoms with Crippen LogP contribution in [0.5, 0.6) is 11.5 Å². The zero-order valence-corrected chi connectivity index (χ0v) is 22.1. The van der Waals surface area contributed by atoms with Gasteiger partial charge in [0.2, 0.25) is 0 Å². The van der Waals surface area contributed by atoms with Gasteiger partial charge < -0.3 is 18.9 Å². The smallest absolute Gasteiger partial charge is 0.119 e. The Labute approximate surface area is 224 Å². The summed E-state index contributed by atoms with van der Waals surface area (Å²) in [5, 5.41) is 2.47. The van der Waals surface area contributed by atoms with E-state index >= 15 is 0 Å². The molecule has 0 amide bonds. The summed E-state index contributed by atoms with van der Waals surface area (Å²) in [6, 6.07) is 39.9. The van der Waals surface area contributed by atoms with Crippen LogP contribution < -0.4 is 14.4 Å². The van der Waals surface area contributed by atoms with E-state index in [1.165, 1.54) is 21.8 Å². The van der Waals surface area contributed by atoms with Crippen LogP contribution in [0.3, 0.4) is 0 Å². The van der Waals surface area contributed by atoms with Gasteiger partial charge in [-0.2, -0.15) is 0 Å². The van der Waals surface area contributed by atoms with Crippen molar-refractivity contribution in [3.63, 3.8) is 0 Å². The first-order valence-corrected chi connectivity index (χ1v) is 12.8. The van der Waals surface area contributed by atoms with Crippen molar-refractivity contribution in [1.82, 2.24) is 4.57 Å². The Morgan fingerprint density at radius 2 is 1.08 bits per heavy atom. The van der Waals surface area contributed by atoms with E-state index < -0.39 is 0 Å². The quantitative estimate of drug-likeness (QED) is 0.207. The molecule has 1 heterocycles. The first-order valence-electron chi connectivity index (χ1n) is 12.0. The zero-order valence-electron chi connectivity index (χ0n) is 20.6. The second-order valence-corrected chi connectivity index (χ2v) is 9.68. The van der Waals surface area contributed by atoms with Crippen molar-refractivity contribution in [2.75, 3.05) is 19.1 Å². The van der Waals surface area contributed by atoms with Gasteiger partial charge >= 0.3 is 0 Å². The Kier molecular flexibility index (Phi) is 6.07. The molecule has 0 aliphatic rings. The highest BCUT2D eigenvalue weighted by atomic mass is 79.9. The van der Waals surface area contributed by atoms with Crippen LogP contribution in [0.1, 0.15) is 0 Å². The van der Waals surface area contributed by atoms with Crippen LogP contribution in [0, 0.1) is 0 Å². The fourth-order valence-electron chi connectivity index (χ4n) is 4.88. The fraction of sp³-hybridized carbons (Fsp3) is 0.0625. The van der Waals surface area contributed by atoms with Crippen LogP contribution in [0.15, 0.2) is 120 Å². The second kappa shape index (κ2) is 9.68. The molecule has 4 nitrogen and oxygen atoms in total. The number of nitrogens with zero attached hydrogens (tertiary/aromatic N) is 2. The first kappa shape index (κ1) is 23.2. The number of ether oxygens (including phenoxy) is 2. The number of hydrogen-bond acceptors (Lipinski definition) is 3. The molecular weight excluding hydrogens is 524 g/mol. The maximum Gasteiger partial charge on any atom is 0.119 e. The molecule has 6 aromatic rings. The average molecular weight is 549 g/mol. The van der Waals surface area contributed by atoms with Gasteiger partial charge in [-0.05, 0) is 97.1 Å². The second-order valence-electron chi connectivity index (χ2n) is 8.76. The van der Waals surface area contributed by atoms with Crippen molar-refractivity contribution >= 4 is 54.8 Å². The van der Waals surface area contributed by atoms with E-state index in [1.807, 2.05) is 24.3 Å². The molecule has 0 aliphatic carbocycles. The molecule has 182 valence electrons. The maximum absolute atomic E-state index is 5.38. The number of aromatic nitrogens is 1. The topological polar surface area (TPSA) is 26.6 Å². The van der Waals surface area contributed by atoms with Crippen LogP contribution in [0.25, 0.3) is 27.5 Å². The van der Waals surface area contributed by atoms with Gasteiger partial charge in [-0.3, -0.25) is 0 Å². The van der Waals surface area contributed by atoms with Gasteiger partial charge in [0.05, 0.1) is 25.3 Å². The minimum atomic E-state index is 0.826. The van der Waals surface area contributed by atoms with E-state index in [-0.39, 0.29) is 0 Å². The Bertz CT molecular complexity index is 1640. The fourth-order valence-corrected chi connectivity index (χ4v) is 5.24. The highest BCUT2D eigenvalue weighted by Gasteiger charge is 2.15. The predicted molar refractivity (Wildman–Crippen MR) is 156 cm³/mol. The third kappa shape index (κ3) is 4.21. The Balaban J connectivity index is 1.47. The molecule has 0 saturated heterocycles. The van der Waals surface area contributed by atoms with E-state index in [0.29, 0.717) is 0 Å². The number of halogens is 1. The van der Waals surface area contributed by atoms with E-state index in [9.17, 15) is 0 Å². The highest BCUT2D eigenvalue weighted by Crippen LogP contribution is 2.38. The number of anilines is 3. The van der Waals surface area contributed by atoms with E-state index in [0.717, 1.165) is 38.7 Å². The summed E-state index contributed by atoms with van der Waals surface area (Å²) >= 11 is 3.64. The largest absolute Gasteiger partial charge is 0.497 e. The monoisotopic (exact) mass is 548 g/mol. The number of benzene rings is 5. The zero-order chi connectivity index (χ0) is 25.4. The van der Waals surface area contributed by atoms with E-state index in [4.69, 9.17) is 9.47 Å². The molecular formula is C32H25BrN2O2. The lowest BCUT2D eigenvalue weighted by atomic mass is 10.1. The lowest BCUT2D eigenvalue weighted by molar-refractivity contribution is 0.415. The Morgan fingerprint density at radius 1 is 0.568 bits per heavy atom. The van der Waals surface area contributed by atoms with Crippen molar-refractivity contribution in [3.05, 3.63) is 120 Å². The minimum absolute atomic E-state index is 0.826. The molecule has 5 aromatic carbocycles. The number of fused-ring (bicyclic) bond motifs is 3. The van der Waals surface area contributed by atoms with Crippen LogP contribution in [-0.4, -0.2) is 18.8 Å². The molecule has 1 aromatic heterocycles. The van der Waals surface area contributed by atoms with Crippen molar-refractivity contribution in [1.29, 1.82) is 0 Å². The van der Waals surface area contributed by atoms with Crippen molar-refractivity contribution < 1.29 is 9.47 Å². The molecule has 0 saturated carbocycles. The summed E-state index contributed by atoms with van der Waals surface area (Å²) in [7, 11) is 3.37. The summed E-state index contributed by atoms with van der Waals surface area (Å²) < 4.78 is 14.2. The van der Waals surface area contributed by atoms with Gasteiger partial charge in [0.15, 0.2) is 0 Å². The summed E-state index contributed by atoms with van der Waals surface area (Å²) in [5.41, 5.74) is 6.62. The first-order chi connectivity index (χ1) is 18.2. The normalized spacial score (nSPS) is 11.1. The average Bonchev–Trinajstić information content (AvgIpc) is 3.28. The molecule has 0 fully saturated rings. The highest BCUT2D eigenvalue weighted by molar-refractivity contribution is 9.10. The molecule has 37 heavy (non-hydrogen) atoms. The van der Waals surface area contributed by atoms with E-state index in [2.05, 4.69) is 116 Å².